The molecule has 0 amide bonds. The smallest absolute Gasteiger partial charge is 0.377 e. The summed E-state index contributed by atoms with van der Waals surface area (Å²) in [6, 6.07) is 0. The van der Waals surface area contributed by atoms with Crippen LogP contribution in [0.3, 0.4) is 0 Å². The Bertz CT molecular complexity index is 400. The molecule has 0 aromatic carbocycles. The predicted molar refractivity (Wildman–Crippen MR) is 113 cm³/mol. The summed E-state index contributed by atoms with van der Waals surface area (Å²) in [5, 5.41) is -1.00. The summed E-state index contributed by atoms with van der Waals surface area (Å²) >= 11 is 0. The molecule has 0 saturated carbocycles. The highest BCUT2D eigenvalue weighted by Crippen LogP contribution is 2.42. The Balaban J connectivity index is 6.44. The summed E-state index contributed by atoms with van der Waals surface area (Å²) in [5.74, 6) is 0. The average molecular weight is 495 g/mol. The molecule has 0 aliphatic carbocycles. The Morgan fingerprint density at radius 1 is 0.345 bits per heavy atom. The molecule has 2 atom stereocenters. The van der Waals surface area contributed by atoms with E-state index < -0.39 is 45.5 Å². The van der Waals surface area contributed by atoms with Crippen molar-refractivity contribution < 1.29 is 48.4 Å². The van der Waals surface area contributed by atoms with E-state index in [1.165, 1.54) is 71.1 Å². The van der Waals surface area contributed by atoms with Gasteiger partial charge in [0.1, 0.15) is 0 Å². The van der Waals surface area contributed by atoms with Gasteiger partial charge in [0, 0.05) is 71.1 Å². The molecule has 11 nitrogen and oxygen atoms in total. The second-order valence-electron chi connectivity index (χ2n) is 6.00. The van der Waals surface area contributed by atoms with Crippen molar-refractivity contribution in [3.8, 4) is 0 Å². The highest BCUT2D eigenvalue weighted by atomic mass is 28.5. The summed E-state index contributed by atoms with van der Waals surface area (Å²) in [6.45, 7) is 3.68. The van der Waals surface area contributed by atoms with Crippen molar-refractivity contribution in [3.05, 3.63) is 0 Å². The van der Waals surface area contributed by atoms with Crippen LogP contribution in [0.5, 0.6) is 0 Å². The van der Waals surface area contributed by atoms with Gasteiger partial charge < -0.3 is 48.4 Å². The zero-order chi connectivity index (χ0) is 22.9. The Morgan fingerprint density at radius 3 is 0.655 bits per heavy atom. The third-order valence-electron chi connectivity index (χ3n) is 5.25. The maximum absolute atomic E-state index is 6.55. The minimum atomic E-state index is -3.55. The van der Waals surface area contributed by atoms with Crippen LogP contribution in [0.2, 0.25) is 10.3 Å². The molecule has 0 spiro atoms. The molecule has 15 heteroatoms. The largest absolute Gasteiger partial charge is 0.507 e. The molecule has 0 aromatic heterocycles. The molecule has 0 N–H and O–H groups in total. The van der Waals surface area contributed by atoms with Gasteiger partial charge in [0.25, 0.3) is 0 Å². The van der Waals surface area contributed by atoms with Gasteiger partial charge in [0.2, 0.25) is 0 Å². The Morgan fingerprint density at radius 2 is 0.517 bits per heavy atom. The van der Waals surface area contributed by atoms with E-state index in [4.69, 9.17) is 48.4 Å². The van der Waals surface area contributed by atoms with E-state index in [1.54, 1.807) is 0 Å². The Labute approximate surface area is 179 Å². The first-order valence-corrected chi connectivity index (χ1v) is 16.0. The first kappa shape index (κ1) is 29.4. The zero-order valence-corrected chi connectivity index (χ0v) is 23.6. The van der Waals surface area contributed by atoms with Crippen molar-refractivity contribution in [2.45, 2.75) is 24.2 Å². The summed E-state index contributed by atoms with van der Waals surface area (Å²) in [6.07, 6.45) is 0. The van der Waals surface area contributed by atoms with Crippen LogP contribution in [0.25, 0.3) is 0 Å². The minimum absolute atomic E-state index is 0.502. The SMILES string of the molecule is CO[Si](OC)(OC)C(C)[Si](OC)(OC)O[Si](OC)(OC)C(C)[Si](OC)(OC)OC. The molecule has 0 aliphatic rings. The van der Waals surface area contributed by atoms with Gasteiger partial charge in [-0.2, -0.15) is 0 Å². The molecule has 2 unspecified atom stereocenters. The molecule has 0 aromatic rings. The Kier molecular flexibility index (Phi) is 12.6. The van der Waals surface area contributed by atoms with Crippen molar-refractivity contribution in [2.24, 2.45) is 0 Å². The molecule has 0 heterocycles. The lowest BCUT2D eigenvalue weighted by Gasteiger charge is -2.45. The summed E-state index contributed by atoms with van der Waals surface area (Å²) in [4.78, 5) is 0. The maximum Gasteiger partial charge on any atom is 0.507 e. The van der Waals surface area contributed by atoms with Crippen molar-refractivity contribution in [3.63, 3.8) is 0 Å². The van der Waals surface area contributed by atoms with E-state index in [9.17, 15) is 0 Å². The predicted octanol–water partition coefficient (Wildman–Crippen LogP) is 1.08. The fourth-order valence-electron chi connectivity index (χ4n) is 3.41. The molecule has 176 valence electrons. The van der Waals surface area contributed by atoms with Gasteiger partial charge >= 0.3 is 35.2 Å². The molecular weight excluding hydrogens is 456 g/mol. The van der Waals surface area contributed by atoms with Gasteiger partial charge in [-0.25, -0.2) is 0 Å². The van der Waals surface area contributed by atoms with E-state index in [0.29, 0.717) is 0 Å². The van der Waals surface area contributed by atoms with Gasteiger partial charge in [-0.3, -0.25) is 0 Å². The van der Waals surface area contributed by atoms with Crippen LogP contribution in [-0.2, 0) is 48.4 Å². The molecule has 0 saturated heterocycles. The van der Waals surface area contributed by atoms with Gasteiger partial charge in [0.05, 0.1) is 10.3 Å². The van der Waals surface area contributed by atoms with E-state index in [-0.39, 0.29) is 0 Å². The van der Waals surface area contributed by atoms with Crippen LogP contribution >= 0.6 is 0 Å². The van der Waals surface area contributed by atoms with E-state index >= 15 is 0 Å². The number of hydrogen-bond acceptors (Lipinski definition) is 11. The lowest BCUT2D eigenvalue weighted by Crippen LogP contribution is -2.69. The monoisotopic (exact) mass is 494 g/mol. The quantitative estimate of drug-likeness (QED) is 0.288. The molecular formula is C14H38O11Si4. The normalized spacial score (nSPS) is 16.1. The van der Waals surface area contributed by atoms with Crippen LogP contribution in [-0.4, -0.2) is 106 Å². The summed E-state index contributed by atoms with van der Waals surface area (Å²) in [5.41, 5.74) is 0. The van der Waals surface area contributed by atoms with Crippen LogP contribution in [0, 0.1) is 0 Å². The lowest BCUT2D eigenvalue weighted by molar-refractivity contribution is 0.0568. The Hall–Kier alpha value is 0.428. The standard InChI is InChI=1S/C14H38O11Si4/c1-13(26(15-3,16-4)17-5)28(21-9,22-10)25-29(23-11,24-12)14(2)27(18-6,19-7)20-8/h13-14H,1-12H3. The van der Waals surface area contributed by atoms with Crippen molar-refractivity contribution in [1.82, 2.24) is 0 Å². The van der Waals surface area contributed by atoms with Gasteiger partial charge in [-0.1, -0.05) is 13.8 Å². The average Bonchev–Trinajstić information content (AvgIpc) is 2.78. The summed E-state index contributed by atoms with van der Waals surface area (Å²) < 4.78 is 63.7. The lowest BCUT2D eigenvalue weighted by atomic mass is 10.9. The zero-order valence-electron chi connectivity index (χ0n) is 19.6. The highest BCUT2D eigenvalue weighted by Gasteiger charge is 2.70. The van der Waals surface area contributed by atoms with Crippen LogP contribution in [0.1, 0.15) is 13.8 Å². The third kappa shape index (κ3) is 5.44. The topological polar surface area (TPSA) is 102 Å². The van der Waals surface area contributed by atoms with Crippen LogP contribution in [0.15, 0.2) is 0 Å². The number of hydrogen-bond donors (Lipinski definition) is 0. The van der Waals surface area contributed by atoms with E-state index in [0.717, 1.165) is 0 Å². The first-order valence-electron chi connectivity index (χ1n) is 8.84. The fourth-order valence-corrected chi connectivity index (χ4v) is 20.7. The molecule has 0 aliphatic heterocycles. The maximum atomic E-state index is 6.55. The molecule has 0 rings (SSSR count). The van der Waals surface area contributed by atoms with Crippen molar-refractivity contribution >= 4 is 35.2 Å². The molecule has 0 fully saturated rings. The van der Waals surface area contributed by atoms with Gasteiger partial charge in [-0.05, 0) is 0 Å². The van der Waals surface area contributed by atoms with Crippen molar-refractivity contribution in [2.75, 3.05) is 71.1 Å². The third-order valence-corrected chi connectivity index (χ3v) is 21.7. The number of rotatable bonds is 16. The van der Waals surface area contributed by atoms with E-state index in [1.807, 2.05) is 13.8 Å². The second-order valence-corrected chi connectivity index (χ2v) is 20.3. The van der Waals surface area contributed by atoms with Crippen molar-refractivity contribution in [1.29, 1.82) is 0 Å². The molecule has 0 bridgehead atoms. The highest BCUT2D eigenvalue weighted by molar-refractivity contribution is 6.90. The first-order chi connectivity index (χ1) is 13.6. The fraction of sp³-hybridized carbons (Fsp3) is 1.00. The van der Waals surface area contributed by atoms with E-state index in [2.05, 4.69) is 0 Å². The molecule has 0 radical (unpaired) electrons. The summed E-state index contributed by atoms with van der Waals surface area (Å²) in [7, 11) is 1.53. The van der Waals surface area contributed by atoms with Gasteiger partial charge in [-0.15, -0.1) is 0 Å². The second kappa shape index (κ2) is 12.5. The van der Waals surface area contributed by atoms with Gasteiger partial charge in [0.15, 0.2) is 0 Å². The van der Waals surface area contributed by atoms with Crippen LogP contribution in [0.4, 0.5) is 0 Å². The van der Waals surface area contributed by atoms with Crippen LogP contribution < -0.4 is 0 Å². The minimum Gasteiger partial charge on any atom is -0.377 e. The molecule has 29 heavy (non-hydrogen) atoms.